The number of carbonyl (C=O) groups excluding carboxylic acids is 1. The van der Waals surface area contributed by atoms with Crippen LogP contribution in [-0.2, 0) is 4.74 Å². The van der Waals surface area contributed by atoms with Crippen LogP contribution in [0.5, 0.6) is 0 Å². The number of anilines is 1. The lowest BCUT2D eigenvalue weighted by atomic mass is 10.2. The van der Waals surface area contributed by atoms with E-state index in [-0.39, 0.29) is 5.69 Å². The molecular weight excluding hydrogens is 270 g/mol. The molecule has 116 valence electrons. The first kappa shape index (κ1) is 14.4. The van der Waals surface area contributed by atoms with Crippen molar-refractivity contribution in [2.75, 3.05) is 37.7 Å². The molecule has 0 unspecified atom stereocenters. The highest BCUT2D eigenvalue weighted by Gasteiger charge is 2.28. The molecule has 0 aromatic carbocycles. The number of hydrogen-bond acceptors (Lipinski definition) is 6. The van der Waals surface area contributed by atoms with E-state index in [0.29, 0.717) is 12.6 Å². The lowest BCUT2D eigenvalue weighted by Crippen LogP contribution is -2.49. The van der Waals surface area contributed by atoms with Crippen molar-refractivity contribution >= 4 is 12.0 Å². The Morgan fingerprint density at radius 2 is 2.05 bits per heavy atom. The van der Waals surface area contributed by atoms with Crippen LogP contribution in [0.3, 0.4) is 0 Å². The third-order valence-electron chi connectivity index (χ3n) is 4.40. The molecule has 1 aliphatic heterocycles. The smallest absolute Gasteiger partial charge is 0.360 e. The van der Waals surface area contributed by atoms with Crippen molar-refractivity contribution in [1.29, 1.82) is 0 Å². The van der Waals surface area contributed by atoms with E-state index in [1.54, 1.807) is 6.92 Å². The van der Waals surface area contributed by atoms with Crippen molar-refractivity contribution < 1.29 is 13.9 Å². The molecule has 1 aromatic rings. The first-order chi connectivity index (χ1) is 10.3. The number of oxazole rings is 1. The van der Waals surface area contributed by atoms with Gasteiger partial charge < -0.3 is 14.1 Å². The van der Waals surface area contributed by atoms with E-state index in [9.17, 15) is 4.79 Å². The quantitative estimate of drug-likeness (QED) is 0.790. The molecule has 2 heterocycles. The highest BCUT2D eigenvalue weighted by atomic mass is 16.5. The highest BCUT2D eigenvalue weighted by molar-refractivity contribution is 5.87. The van der Waals surface area contributed by atoms with E-state index < -0.39 is 5.97 Å². The molecule has 21 heavy (non-hydrogen) atoms. The summed E-state index contributed by atoms with van der Waals surface area (Å²) in [7, 11) is 0. The van der Waals surface area contributed by atoms with E-state index in [0.717, 1.165) is 32.2 Å². The van der Waals surface area contributed by atoms with Crippen LogP contribution < -0.4 is 4.90 Å². The Hall–Kier alpha value is -1.56. The number of ether oxygens (including phenoxy) is 1. The van der Waals surface area contributed by atoms with Crippen LogP contribution in [-0.4, -0.2) is 54.7 Å². The van der Waals surface area contributed by atoms with Crippen molar-refractivity contribution in [3.63, 3.8) is 0 Å². The number of hydrogen-bond donors (Lipinski definition) is 0. The molecule has 0 amide bonds. The zero-order valence-electron chi connectivity index (χ0n) is 12.6. The zero-order valence-corrected chi connectivity index (χ0v) is 12.6. The average Bonchev–Trinajstić information content (AvgIpc) is 3.19. The Bertz CT molecular complexity index is 474. The Morgan fingerprint density at radius 1 is 1.33 bits per heavy atom. The van der Waals surface area contributed by atoms with Crippen molar-refractivity contribution in [2.45, 2.75) is 38.6 Å². The van der Waals surface area contributed by atoms with Gasteiger partial charge in [-0.25, -0.2) is 4.79 Å². The van der Waals surface area contributed by atoms with Gasteiger partial charge in [-0.3, -0.25) is 4.90 Å². The van der Waals surface area contributed by atoms with Gasteiger partial charge in [0, 0.05) is 32.2 Å². The number of nitrogens with zero attached hydrogens (tertiary/aromatic N) is 3. The molecule has 1 saturated carbocycles. The van der Waals surface area contributed by atoms with Crippen LogP contribution in [0.25, 0.3) is 0 Å². The summed E-state index contributed by atoms with van der Waals surface area (Å²) in [6.07, 6.45) is 6.80. The van der Waals surface area contributed by atoms with Crippen LogP contribution in [0.4, 0.5) is 6.01 Å². The summed E-state index contributed by atoms with van der Waals surface area (Å²) >= 11 is 0. The van der Waals surface area contributed by atoms with Crippen LogP contribution in [0, 0.1) is 0 Å². The van der Waals surface area contributed by atoms with Crippen LogP contribution >= 0.6 is 0 Å². The van der Waals surface area contributed by atoms with Gasteiger partial charge in [0.25, 0.3) is 6.01 Å². The van der Waals surface area contributed by atoms with Crippen molar-refractivity contribution in [3.8, 4) is 0 Å². The minimum atomic E-state index is -0.419. The van der Waals surface area contributed by atoms with Gasteiger partial charge in [-0.15, -0.1) is 0 Å². The molecule has 0 spiro atoms. The van der Waals surface area contributed by atoms with Gasteiger partial charge in [0.05, 0.1) is 6.61 Å². The maximum Gasteiger partial charge on any atom is 0.360 e. The fourth-order valence-corrected chi connectivity index (χ4v) is 3.26. The van der Waals surface area contributed by atoms with Crippen molar-refractivity contribution in [1.82, 2.24) is 9.88 Å². The maximum atomic E-state index is 11.6. The lowest BCUT2D eigenvalue weighted by Gasteiger charge is -2.37. The monoisotopic (exact) mass is 293 g/mol. The zero-order chi connectivity index (χ0) is 14.7. The second-order valence-corrected chi connectivity index (χ2v) is 5.70. The summed E-state index contributed by atoms with van der Waals surface area (Å²) in [5.74, 6) is -0.419. The molecular formula is C15H23N3O3. The molecule has 1 aliphatic carbocycles. The number of aromatic nitrogens is 1. The molecule has 6 nitrogen and oxygen atoms in total. The van der Waals surface area contributed by atoms with E-state index in [1.807, 2.05) is 0 Å². The normalized spacial score (nSPS) is 20.9. The van der Waals surface area contributed by atoms with E-state index in [4.69, 9.17) is 9.15 Å². The summed E-state index contributed by atoms with van der Waals surface area (Å²) in [6.45, 7) is 6.02. The second-order valence-electron chi connectivity index (χ2n) is 5.70. The highest BCUT2D eigenvalue weighted by Crippen LogP contribution is 2.25. The Morgan fingerprint density at radius 3 is 2.71 bits per heavy atom. The fraction of sp³-hybridized carbons (Fsp3) is 0.733. The second kappa shape index (κ2) is 6.47. The SMILES string of the molecule is CCOC(=O)c1coc(N2CCN(C3CCCC3)CC2)n1. The molecule has 1 aromatic heterocycles. The Balaban J connectivity index is 1.55. The number of carbonyl (C=O) groups is 1. The number of rotatable bonds is 4. The minimum absolute atomic E-state index is 0.255. The van der Waals surface area contributed by atoms with E-state index in [2.05, 4.69) is 14.8 Å². The largest absolute Gasteiger partial charge is 0.461 e. The molecule has 6 heteroatoms. The first-order valence-corrected chi connectivity index (χ1v) is 7.89. The fourth-order valence-electron chi connectivity index (χ4n) is 3.26. The van der Waals surface area contributed by atoms with Crippen LogP contribution in [0.2, 0.25) is 0 Å². The third kappa shape index (κ3) is 3.20. The standard InChI is InChI=1S/C15H23N3O3/c1-2-20-14(19)13-11-21-15(16-13)18-9-7-17(8-10-18)12-5-3-4-6-12/h11-12H,2-10H2,1H3. The molecule has 2 fully saturated rings. The number of esters is 1. The van der Waals surface area contributed by atoms with Crippen molar-refractivity contribution in [3.05, 3.63) is 12.0 Å². The molecule has 0 atom stereocenters. The Kier molecular flexibility index (Phi) is 4.43. The van der Waals surface area contributed by atoms with Gasteiger partial charge in [0.1, 0.15) is 6.26 Å². The van der Waals surface area contributed by atoms with Gasteiger partial charge in [-0.05, 0) is 19.8 Å². The molecule has 0 radical (unpaired) electrons. The van der Waals surface area contributed by atoms with Gasteiger partial charge >= 0.3 is 5.97 Å². The topological polar surface area (TPSA) is 58.8 Å². The summed E-state index contributed by atoms with van der Waals surface area (Å²) in [5.41, 5.74) is 0.255. The Labute approximate surface area is 125 Å². The van der Waals surface area contributed by atoms with Crippen LogP contribution in [0.1, 0.15) is 43.1 Å². The maximum absolute atomic E-state index is 11.6. The summed E-state index contributed by atoms with van der Waals surface area (Å²) < 4.78 is 10.4. The predicted molar refractivity (Wildman–Crippen MR) is 78.5 cm³/mol. The summed E-state index contributed by atoms with van der Waals surface area (Å²) in [4.78, 5) is 20.5. The first-order valence-electron chi connectivity index (χ1n) is 7.89. The van der Waals surface area contributed by atoms with Gasteiger partial charge in [0.2, 0.25) is 0 Å². The third-order valence-corrected chi connectivity index (χ3v) is 4.40. The average molecular weight is 293 g/mol. The number of piperazine rings is 1. The summed E-state index contributed by atoms with van der Waals surface area (Å²) in [5, 5.41) is 0. The molecule has 1 saturated heterocycles. The lowest BCUT2D eigenvalue weighted by molar-refractivity contribution is 0.0519. The van der Waals surface area contributed by atoms with E-state index in [1.165, 1.54) is 31.9 Å². The van der Waals surface area contributed by atoms with Gasteiger partial charge in [0.15, 0.2) is 5.69 Å². The van der Waals surface area contributed by atoms with Gasteiger partial charge in [-0.2, -0.15) is 4.98 Å². The molecule has 0 N–H and O–H groups in total. The molecule has 0 bridgehead atoms. The van der Waals surface area contributed by atoms with E-state index >= 15 is 0 Å². The minimum Gasteiger partial charge on any atom is -0.461 e. The molecule has 2 aliphatic rings. The van der Waals surface area contributed by atoms with Crippen molar-refractivity contribution in [2.24, 2.45) is 0 Å². The molecule has 3 rings (SSSR count). The van der Waals surface area contributed by atoms with Crippen LogP contribution in [0.15, 0.2) is 10.7 Å². The summed E-state index contributed by atoms with van der Waals surface area (Å²) in [6, 6.07) is 1.30. The van der Waals surface area contributed by atoms with Gasteiger partial charge in [-0.1, -0.05) is 12.8 Å². The predicted octanol–water partition coefficient (Wildman–Crippen LogP) is 1.92.